The third-order valence-electron chi connectivity index (χ3n) is 2.38. The van der Waals surface area contributed by atoms with E-state index in [4.69, 9.17) is 0 Å². The molecule has 0 fully saturated rings. The van der Waals surface area contributed by atoms with Gasteiger partial charge in [-0.2, -0.15) is 4.39 Å². The van der Waals surface area contributed by atoms with Crippen LogP contribution in [0.1, 0.15) is 5.56 Å². The van der Waals surface area contributed by atoms with Gasteiger partial charge in [0.1, 0.15) is 0 Å². The van der Waals surface area contributed by atoms with Gasteiger partial charge in [0.15, 0.2) is 0 Å². The molecule has 18 heavy (non-hydrogen) atoms. The molecule has 2 aromatic carbocycles. The average Bonchev–Trinajstić information content (AvgIpc) is 2.38. The average molecular weight is 263 g/mol. The van der Waals surface area contributed by atoms with Crippen LogP contribution in [0.5, 0.6) is 0 Å². The number of nitro groups is 1. The number of rotatable bonds is 4. The highest BCUT2D eigenvalue weighted by molar-refractivity contribution is 7.98. The van der Waals surface area contributed by atoms with E-state index >= 15 is 0 Å². The van der Waals surface area contributed by atoms with Gasteiger partial charge in [-0.05, 0) is 11.6 Å². The summed E-state index contributed by atoms with van der Waals surface area (Å²) in [4.78, 5) is 10.2. The molecule has 0 aliphatic heterocycles. The molecular formula is C13H10FNO2S. The second-order valence-electron chi connectivity index (χ2n) is 3.62. The van der Waals surface area contributed by atoms with Gasteiger partial charge in [-0.1, -0.05) is 36.4 Å². The fourth-order valence-corrected chi connectivity index (χ4v) is 2.41. The SMILES string of the molecule is O=[N+]([O-])c1cccc(SCc2ccccc2)c1F. The van der Waals surface area contributed by atoms with Crippen LogP contribution in [0.25, 0.3) is 0 Å². The van der Waals surface area contributed by atoms with Crippen molar-refractivity contribution in [3.05, 3.63) is 70.0 Å². The molecule has 0 radical (unpaired) electrons. The van der Waals surface area contributed by atoms with Gasteiger partial charge in [0.05, 0.1) is 9.82 Å². The van der Waals surface area contributed by atoms with Crippen LogP contribution < -0.4 is 0 Å². The summed E-state index contributed by atoms with van der Waals surface area (Å²) >= 11 is 1.25. The van der Waals surface area contributed by atoms with Gasteiger partial charge >= 0.3 is 5.69 Å². The van der Waals surface area contributed by atoms with E-state index in [9.17, 15) is 14.5 Å². The van der Waals surface area contributed by atoms with Crippen molar-refractivity contribution in [1.82, 2.24) is 0 Å². The number of halogens is 1. The van der Waals surface area contributed by atoms with Crippen LogP contribution in [0.2, 0.25) is 0 Å². The van der Waals surface area contributed by atoms with Gasteiger partial charge in [0.2, 0.25) is 5.82 Å². The molecule has 92 valence electrons. The third kappa shape index (κ3) is 2.87. The highest BCUT2D eigenvalue weighted by Gasteiger charge is 2.17. The lowest BCUT2D eigenvalue weighted by atomic mass is 10.2. The maximum atomic E-state index is 13.8. The molecule has 2 rings (SSSR count). The van der Waals surface area contributed by atoms with Crippen LogP contribution in [0.15, 0.2) is 53.4 Å². The smallest absolute Gasteiger partial charge is 0.258 e. The van der Waals surface area contributed by atoms with Gasteiger partial charge < -0.3 is 0 Å². The van der Waals surface area contributed by atoms with Crippen molar-refractivity contribution in [3.63, 3.8) is 0 Å². The summed E-state index contributed by atoms with van der Waals surface area (Å²) in [5.41, 5.74) is 0.571. The van der Waals surface area contributed by atoms with E-state index in [1.165, 1.54) is 23.9 Å². The van der Waals surface area contributed by atoms with E-state index in [-0.39, 0.29) is 0 Å². The summed E-state index contributed by atoms with van der Waals surface area (Å²) in [6, 6.07) is 13.8. The maximum absolute atomic E-state index is 13.8. The number of benzene rings is 2. The van der Waals surface area contributed by atoms with Crippen molar-refractivity contribution in [2.75, 3.05) is 0 Å². The molecule has 0 saturated carbocycles. The molecule has 0 spiro atoms. The largest absolute Gasteiger partial charge is 0.305 e. The minimum atomic E-state index is -0.761. The summed E-state index contributed by atoms with van der Waals surface area (Å²) in [6.07, 6.45) is 0. The lowest BCUT2D eigenvalue weighted by molar-refractivity contribution is -0.387. The van der Waals surface area contributed by atoms with Crippen LogP contribution in [-0.2, 0) is 5.75 Å². The summed E-state index contributed by atoms with van der Waals surface area (Å²) in [5.74, 6) is -0.178. The van der Waals surface area contributed by atoms with Crippen molar-refractivity contribution in [3.8, 4) is 0 Å². The summed E-state index contributed by atoms with van der Waals surface area (Å²) in [7, 11) is 0. The molecule has 2 aromatic rings. The van der Waals surface area contributed by atoms with E-state index < -0.39 is 16.4 Å². The van der Waals surface area contributed by atoms with E-state index in [1.807, 2.05) is 30.3 Å². The van der Waals surface area contributed by atoms with Crippen LogP contribution in [0.3, 0.4) is 0 Å². The zero-order valence-electron chi connectivity index (χ0n) is 9.38. The van der Waals surface area contributed by atoms with E-state index in [1.54, 1.807) is 6.07 Å². The van der Waals surface area contributed by atoms with Gasteiger partial charge in [-0.25, -0.2) is 0 Å². The molecule has 0 aromatic heterocycles. The standard InChI is InChI=1S/C13H10FNO2S/c14-13-11(15(16)17)7-4-8-12(13)18-9-10-5-2-1-3-6-10/h1-8H,9H2. The fourth-order valence-electron chi connectivity index (χ4n) is 1.49. The first-order valence-electron chi connectivity index (χ1n) is 5.28. The second kappa shape index (κ2) is 5.64. The van der Waals surface area contributed by atoms with Gasteiger partial charge in [-0.15, -0.1) is 11.8 Å². The number of thioether (sulfide) groups is 1. The monoisotopic (exact) mass is 263 g/mol. The third-order valence-corrected chi connectivity index (χ3v) is 3.48. The first kappa shape index (κ1) is 12.6. The second-order valence-corrected chi connectivity index (χ2v) is 4.64. The number of nitrogens with zero attached hydrogens (tertiary/aromatic N) is 1. The Kier molecular flexibility index (Phi) is 3.94. The molecule has 0 bridgehead atoms. The Balaban J connectivity index is 2.15. The molecule has 3 nitrogen and oxygen atoms in total. The van der Waals surface area contributed by atoms with Crippen LogP contribution in [0, 0.1) is 15.9 Å². The zero-order valence-corrected chi connectivity index (χ0v) is 10.2. The Bertz CT molecular complexity index is 560. The van der Waals surface area contributed by atoms with E-state index in [2.05, 4.69) is 0 Å². The van der Waals surface area contributed by atoms with Crippen LogP contribution in [-0.4, -0.2) is 4.92 Å². The Labute approximate surface area is 108 Å². The van der Waals surface area contributed by atoms with Crippen molar-refractivity contribution >= 4 is 17.4 Å². The summed E-state index contributed by atoms with van der Waals surface area (Å²) in [6.45, 7) is 0. The Morgan fingerprint density at radius 2 is 1.83 bits per heavy atom. The predicted octanol–water partition coefficient (Wildman–Crippen LogP) is 4.03. The minimum Gasteiger partial charge on any atom is -0.258 e. The molecule has 0 unspecified atom stereocenters. The number of nitro benzene ring substituents is 1. The molecule has 0 aliphatic carbocycles. The van der Waals surface area contributed by atoms with Crippen molar-refractivity contribution < 1.29 is 9.31 Å². The normalized spacial score (nSPS) is 10.3. The molecule has 0 heterocycles. The van der Waals surface area contributed by atoms with Crippen LogP contribution >= 0.6 is 11.8 Å². The molecular weight excluding hydrogens is 253 g/mol. The molecule has 0 aliphatic rings. The Morgan fingerprint density at radius 3 is 2.50 bits per heavy atom. The maximum Gasteiger partial charge on any atom is 0.305 e. The highest BCUT2D eigenvalue weighted by atomic mass is 32.2. The summed E-state index contributed by atoms with van der Waals surface area (Å²) in [5, 5.41) is 10.6. The lowest BCUT2D eigenvalue weighted by Gasteiger charge is -2.03. The fraction of sp³-hybridized carbons (Fsp3) is 0.0769. The van der Waals surface area contributed by atoms with Gasteiger partial charge in [0.25, 0.3) is 0 Å². The van der Waals surface area contributed by atoms with Crippen molar-refractivity contribution in [2.24, 2.45) is 0 Å². The molecule has 0 saturated heterocycles. The first-order chi connectivity index (χ1) is 8.68. The summed E-state index contributed by atoms with van der Waals surface area (Å²) < 4.78 is 13.8. The first-order valence-corrected chi connectivity index (χ1v) is 6.26. The Morgan fingerprint density at radius 1 is 1.11 bits per heavy atom. The molecule has 0 N–H and O–H groups in total. The van der Waals surface area contributed by atoms with Gasteiger partial charge in [0, 0.05) is 11.8 Å². The lowest BCUT2D eigenvalue weighted by Crippen LogP contribution is -1.94. The predicted molar refractivity (Wildman–Crippen MR) is 69.1 cm³/mol. The van der Waals surface area contributed by atoms with Crippen LogP contribution in [0.4, 0.5) is 10.1 Å². The highest BCUT2D eigenvalue weighted by Crippen LogP contribution is 2.30. The topological polar surface area (TPSA) is 43.1 Å². The number of hydrogen-bond donors (Lipinski definition) is 0. The van der Waals surface area contributed by atoms with Gasteiger partial charge in [-0.3, -0.25) is 10.1 Å². The minimum absolute atomic E-state index is 0.299. The van der Waals surface area contributed by atoms with E-state index in [0.29, 0.717) is 10.6 Å². The number of hydrogen-bond acceptors (Lipinski definition) is 3. The molecule has 0 amide bonds. The quantitative estimate of drug-likeness (QED) is 0.475. The zero-order chi connectivity index (χ0) is 13.0. The molecule has 0 atom stereocenters. The molecule has 5 heteroatoms. The van der Waals surface area contributed by atoms with Crippen molar-refractivity contribution in [2.45, 2.75) is 10.6 Å². The Hall–Kier alpha value is -1.88. The van der Waals surface area contributed by atoms with Crippen molar-refractivity contribution in [1.29, 1.82) is 0 Å². The van der Waals surface area contributed by atoms with E-state index in [0.717, 1.165) is 5.56 Å².